The van der Waals surface area contributed by atoms with Crippen LogP contribution in [0.2, 0.25) is 0 Å². The first-order valence-corrected chi connectivity index (χ1v) is 11.7. The molecule has 0 saturated heterocycles. The molecule has 0 bridgehead atoms. The number of carbonyl (C=O) groups is 1. The van der Waals surface area contributed by atoms with E-state index in [2.05, 4.69) is 20.8 Å². The molecule has 30 heavy (non-hydrogen) atoms. The smallest absolute Gasteiger partial charge is 0.407 e. The van der Waals surface area contributed by atoms with E-state index in [0.717, 1.165) is 36.2 Å². The lowest BCUT2D eigenvalue weighted by molar-refractivity contribution is 0.0981. The van der Waals surface area contributed by atoms with E-state index in [-0.39, 0.29) is 29.9 Å². The molecular weight excluding hydrogens is 406 g/mol. The fraction of sp³-hybridized carbons (Fsp3) is 0.500. The Labute approximate surface area is 176 Å². The van der Waals surface area contributed by atoms with Crippen LogP contribution in [0.15, 0.2) is 24.3 Å². The highest BCUT2D eigenvalue weighted by Gasteiger charge is 2.33. The summed E-state index contributed by atoms with van der Waals surface area (Å²) in [7, 11) is -1.75. The number of alkyl carbamates (subject to hydrolysis) is 1. The number of aromatic amines is 1. The van der Waals surface area contributed by atoms with Crippen LogP contribution in [-0.2, 0) is 20.5 Å². The first kappa shape index (κ1) is 20.5. The number of rotatable bonds is 5. The third kappa shape index (κ3) is 4.09. The summed E-state index contributed by atoms with van der Waals surface area (Å²) >= 11 is 0. The van der Waals surface area contributed by atoms with Crippen molar-refractivity contribution in [1.82, 2.24) is 15.5 Å². The Morgan fingerprint density at radius 1 is 1.33 bits per heavy atom. The highest BCUT2D eigenvalue weighted by molar-refractivity contribution is 7.92. The zero-order valence-corrected chi connectivity index (χ0v) is 18.1. The van der Waals surface area contributed by atoms with Crippen molar-refractivity contribution in [3.05, 3.63) is 35.5 Å². The molecule has 1 fully saturated rings. The van der Waals surface area contributed by atoms with Gasteiger partial charge in [0.05, 0.1) is 11.4 Å². The number of anilines is 3. The molecule has 1 saturated carbocycles. The van der Waals surface area contributed by atoms with Crippen molar-refractivity contribution >= 4 is 33.3 Å². The number of aromatic nitrogens is 2. The summed E-state index contributed by atoms with van der Waals surface area (Å²) in [5, 5.41) is 13.4. The van der Waals surface area contributed by atoms with E-state index in [1.165, 1.54) is 4.31 Å². The molecule has 1 amide bonds. The van der Waals surface area contributed by atoms with Gasteiger partial charge < -0.3 is 15.4 Å². The van der Waals surface area contributed by atoms with E-state index in [1.807, 2.05) is 32.0 Å². The topological polar surface area (TPSA) is 116 Å². The van der Waals surface area contributed by atoms with Gasteiger partial charge in [0.2, 0.25) is 10.0 Å². The Morgan fingerprint density at radius 3 is 2.90 bits per heavy atom. The molecule has 162 valence electrons. The Hall–Kier alpha value is -2.75. The van der Waals surface area contributed by atoms with Gasteiger partial charge in [-0.2, -0.15) is 5.10 Å². The molecule has 9 nitrogen and oxygen atoms in total. The molecule has 2 heterocycles. The standard InChI is InChI=1S/C20H27N5O4S/c1-12(2)21-20(26)29-14-8-7-13(9-14)17-10-19(24-23-17)22-16-5-4-6-18-15(16)11-30(27,28)25(18)3/h4-6,10,12-14H,7-9,11H2,1-3H3,(H,21,26)(H2,22,23,24)/t13-,14+/m0/s1. The number of nitrogens with one attached hydrogen (secondary N) is 3. The zero-order valence-electron chi connectivity index (χ0n) is 17.3. The SMILES string of the molecule is CC(C)NC(=O)O[C@@H]1CC[C@H](c2cc(Nc3cccc4c3CS(=O)(=O)N4C)n[nH]2)C1. The van der Waals surface area contributed by atoms with Crippen LogP contribution < -0.4 is 14.9 Å². The number of ether oxygens (including phenoxy) is 1. The van der Waals surface area contributed by atoms with Crippen molar-refractivity contribution in [1.29, 1.82) is 0 Å². The van der Waals surface area contributed by atoms with Gasteiger partial charge in [-0.05, 0) is 45.2 Å². The summed E-state index contributed by atoms with van der Waals surface area (Å²) in [5.74, 6) is 0.837. The van der Waals surface area contributed by atoms with Crippen LogP contribution in [0.3, 0.4) is 0 Å². The largest absolute Gasteiger partial charge is 0.446 e. The highest BCUT2D eigenvalue weighted by atomic mass is 32.2. The summed E-state index contributed by atoms with van der Waals surface area (Å²) in [6.45, 7) is 3.79. The van der Waals surface area contributed by atoms with E-state index in [4.69, 9.17) is 4.74 Å². The molecule has 0 spiro atoms. The fourth-order valence-electron chi connectivity index (χ4n) is 4.07. The minimum Gasteiger partial charge on any atom is -0.446 e. The minimum atomic E-state index is -3.31. The van der Waals surface area contributed by atoms with Crippen LogP contribution in [-0.4, -0.2) is 43.9 Å². The maximum atomic E-state index is 12.2. The number of carbonyl (C=O) groups excluding carboxylic acids is 1. The van der Waals surface area contributed by atoms with Crippen molar-refractivity contribution in [2.75, 3.05) is 16.7 Å². The number of nitrogens with zero attached hydrogens (tertiary/aromatic N) is 2. The van der Waals surface area contributed by atoms with Gasteiger partial charge in [-0.25, -0.2) is 13.2 Å². The normalized spacial score (nSPS) is 22.2. The second-order valence-corrected chi connectivity index (χ2v) is 10.2. The van der Waals surface area contributed by atoms with Crippen LogP contribution in [0.4, 0.5) is 22.0 Å². The number of benzene rings is 1. The van der Waals surface area contributed by atoms with Crippen LogP contribution in [0.5, 0.6) is 0 Å². The van der Waals surface area contributed by atoms with Gasteiger partial charge in [0.25, 0.3) is 0 Å². The number of fused-ring (bicyclic) bond motifs is 1. The van der Waals surface area contributed by atoms with Crippen molar-refractivity contribution in [3.63, 3.8) is 0 Å². The molecule has 0 unspecified atom stereocenters. The quantitative estimate of drug-likeness (QED) is 0.667. The molecule has 1 aromatic heterocycles. The maximum absolute atomic E-state index is 12.2. The average Bonchev–Trinajstić information content (AvgIpc) is 3.35. The lowest BCUT2D eigenvalue weighted by Crippen LogP contribution is -2.33. The van der Waals surface area contributed by atoms with Gasteiger partial charge in [-0.3, -0.25) is 9.40 Å². The van der Waals surface area contributed by atoms with E-state index in [1.54, 1.807) is 13.1 Å². The third-order valence-electron chi connectivity index (χ3n) is 5.60. The van der Waals surface area contributed by atoms with Gasteiger partial charge in [-0.15, -0.1) is 0 Å². The summed E-state index contributed by atoms with van der Waals surface area (Å²) in [6, 6.07) is 7.47. The average molecular weight is 434 g/mol. The first-order valence-electron chi connectivity index (χ1n) is 10.1. The summed E-state index contributed by atoms with van der Waals surface area (Å²) in [6.07, 6.45) is 1.99. The first-order chi connectivity index (χ1) is 14.2. The fourth-order valence-corrected chi connectivity index (χ4v) is 5.40. The minimum absolute atomic E-state index is 0.0284. The van der Waals surface area contributed by atoms with Gasteiger partial charge in [0, 0.05) is 42.0 Å². The van der Waals surface area contributed by atoms with Crippen molar-refractivity contribution in [3.8, 4) is 0 Å². The molecule has 2 aromatic rings. The van der Waals surface area contributed by atoms with Crippen LogP contribution in [0.1, 0.15) is 50.3 Å². The third-order valence-corrected chi connectivity index (χ3v) is 7.28. The number of sulfonamides is 1. The van der Waals surface area contributed by atoms with Crippen molar-refractivity contribution in [2.45, 2.75) is 56.9 Å². The number of hydrogen-bond acceptors (Lipinski definition) is 6. The molecule has 1 aliphatic heterocycles. The predicted molar refractivity (Wildman–Crippen MR) is 114 cm³/mol. The highest BCUT2D eigenvalue weighted by Crippen LogP contribution is 2.39. The van der Waals surface area contributed by atoms with Crippen molar-refractivity contribution in [2.24, 2.45) is 0 Å². The van der Waals surface area contributed by atoms with Crippen LogP contribution in [0.25, 0.3) is 0 Å². The number of H-pyrrole nitrogens is 1. The molecule has 0 radical (unpaired) electrons. The maximum Gasteiger partial charge on any atom is 0.407 e. The molecular formula is C20H27N5O4S. The van der Waals surface area contributed by atoms with Gasteiger partial charge >= 0.3 is 6.09 Å². The Bertz CT molecular complexity index is 1050. The number of amides is 1. The molecule has 1 aliphatic carbocycles. The van der Waals surface area contributed by atoms with E-state index < -0.39 is 10.0 Å². The lowest BCUT2D eigenvalue weighted by Gasteiger charge is -2.14. The van der Waals surface area contributed by atoms with Gasteiger partial charge in [0.1, 0.15) is 6.10 Å². The molecule has 3 N–H and O–H groups in total. The second-order valence-electron chi connectivity index (χ2n) is 8.20. The van der Waals surface area contributed by atoms with Gasteiger partial charge in [-0.1, -0.05) is 6.07 Å². The zero-order chi connectivity index (χ0) is 21.5. The molecule has 1 aromatic carbocycles. The Kier molecular flexibility index (Phi) is 5.35. The predicted octanol–water partition coefficient (Wildman–Crippen LogP) is 3.20. The molecule has 4 rings (SSSR count). The van der Waals surface area contributed by atoms with E-state index in [0.29, 0.717) is 11.5 Å². The summed E-state index contributed by atoms with van der Waals surface area (Å²) < 4.78 is 31.2. The van der Waals surface area contributed by atoms with Crippen LogP contribution >= 0.6 is 0 Å². The Balaban J connectivity index is 1.41. The molecule has 2 aliphatic rings. The summed E-state index contributed by atoms with van der Waals surface area (Å²) in [5.41, 5.74) is 3.14. The lowest BCUT2D eigenvalue weighted by atomic mass is 10.0. The number of hydrogen-bond donors (Lipinski definition) is 3. The second kappa shape index (κ2) is 7.82. The molecule has 10 heteroatoms. The van der Waals surface area contributed by atoms with Crippen molar-refractivity contribution < 1.29 is 17.9 Å². The Morgan fingerprint density at radius 2 is 2.13 bits per heavy atom. The monoisotopic (exact) mass is 433 g/mol. The van der Waals surface area contributed by atoms with Gasteiger partial charge in [0.15, 0.2) is 5.82 Å². The summed E-state index contributed by atoms with van der Waals surface area (Å²) in [4.78, 5) is 11.8. The van der Waals surface area contributed by atoms with E-state index >= 15 is 0 Å². The molecule has 2 atom stereocenters. The van der Waals surface area contributed by atoms with Crippen LogP contribution in [0, 0.1) is 0 Å². The van der Waals surface area contributed by atoms with E-state index in [9.17, 15) is 13.2 Å².